The van der Waals surface area contributed by atoms with Crippen molar-refractivity contribution in [2.45, 2.75) is 13.0 Å². The van der Waals surface area contributed by atoms with Crippen molar-refractivity contribution >= 4 is 29.3 Å². The Morgan fingerprint density at radius 3 is 2.81 bits per heavy atom. The lowest BCUT2D eigenvalue weighted by atomic mass is 10.0. The van der Waals surface area contributed by atoms with Crippen molar-refractivity contribution < 1.29 is 33.3 Å². The van der Waals surface area contributed by atoms with Gasteiger partial charge >= 0.3 is 18.0 Å². The van der Waals surface area contributed by atoms with Crippen molar-refractivity contribution in [1.82, 2.24) is 10.6 Å². The summed E-state index contributed by atoms with van der Waals surface area (Å²) in [7, 11) is 0. The summed E-state index contributed by atoms with van der Waals surface area (Å²) in [5.74, 6) is -1.44. The average Bonchev–Trinajstić information content (AvgIpc) is 3.21. The summed E-state index contributed by atoms with van der Waals surface area (Å²) in [4.78, 5) is 37.4. The third-order valence-corrected chi connectivity index (χ3v) is 4.61. The zero-order valence-corrected chi connectivity index (χ0v) is 15.3. The second kappa shape index (κ2) is 8.58. The third-order valence-electron chi connectivity index (χ3n) is 3.67. The summed E-state index contributed by atoms with van der Waals surface area (Å²) in [6.07, 6.45) is 1.17. The molecular formula is C17H18N2O7S. The molecule has 0 saturated carbocycles. The van der Waals surface area contributed by atoms with E-state index >= 15 is 0 Å². The Balaban J connectivity index is 1.85. The smallest absolute Gasteiger partial charge is 0.377 e. The number of amides is 2. The molecule has 1 aromatic rings. The maximum Gasteiger partial charge on any atom is 0.377 e. The number of hydrogen-bond donors (Lipinski definition) is 2. The van der Waals surface area contributed by atoms with Crippen LogP contribution in [0.15, 0.2) is 40.8 Å². The fourth-order valence-corrected chi connectivity index (χ4v) is 3.32. The Labute approximate surface area is 158 Å². The van der Waals surface area contributed by atoms with Crippen molar-refractivity contribution in [1.29, 1.82) is 0 Å². The van der Waals surface area contributed by atoms with E-state index in [1.807, 2.05) is 11.4 Å². The van der Waals surface area contributed by atoms with Crippen LogP contribution in [-0.4, -0.2) is 44.4 Å². The molecule has 2 aliphatic rings. The Hall–Kier alpha value is -3.01. The van der Waals surface area contributed by atoms with Crippen LogP contribution in [0.1, 0.15) is 17.8 Å². The van der Waals surface area contributed by atoms with Gasteiger partial charge in [0.25, 0.3) is 0 Å². The van der Waals surface area contributed by atoms with Crippen molar-refractivity contribution in [3.8, 4) is 0 Å². The highest BCUT2D eigenvalue weighted by Gasteiger charge is 2.35. The minimum atomic E-state index is -0.758. The standard InChI is InChI=1S/C17H18N2O7S/c1-2-24-16(21)13-10(8-26-15(20)11-9-23-5-6-25-11)18-17(22)19-14(13)12-4-3-7-27-12/h3-4,7,9,14H,2,5-6,8H2,1H3,(H2,18,19,22)/t14-/m1/s1. The second-order valence-corrected chi connectivity index (χ2v) is 6.42. The first-order chi connectivity index (χ1) is 13.1. The normalized spacial score (nSPS) is 19.1. The lowest BCUT2D eigenvalue weighted by Crippen LogP contribution is -2.47. The first-order valence-electron chi connectivity index (χ1n) is 8.23. The Bertz CT molecular complexity index is 785. The monoisotopic (exact) mass is 394 g/mol. The maximum atomic E-state index is 12.5. The molecule has 10 heteroatoms. The lowest BCUT2D eigenvalue weighted by Gasteiger charge is -2.28. The fourth-order valence-electron chi connectivity index (χ4n) is 2.53. The molecule has 0 spiro atoms. The van der Waals surface area contributed by atoms with Crippen LogP contribution in [0, 0.1) is 0 Å². The number of thiophene rings is 1. The topological polar surface area (TPSA) is 112 Å². The van der Waals surface area contributed by atoms with E-state index in [9.17, 15) is 14.4 Å². The first-order valence-corrected chi connectivity index (χ1v) is 9.11. The summed E-state index contributed by atoms with van der Waals surface area (Å²) in [6, 6.07) is 2.40. The maximum absolute atomic E-state index is 12.5. The Morgan fingerprint density at radius 2 is 2.15 bits per heavy atom. The van der Waals surface area contributed by atoms with Crippen molar-refractivity contribution in [2.24, 2.45) is 0 Å². The number of carbonyl (C=O) groups excluding carboxylic acids is 3. The van der Waals surface area contributed by atoms with Crippen LogP contribution in [0.2, 0.25) is 0 Å². The predicted molar refractivity (Wildman–Crippen MR) is 93.3 cm³/mol. The number of esters is 2. The number of hydrogen-bond acceptors (Lipinski definition) is 8. The summed E-state index contributed by atoms with van der Waals surface area (Å²) < 4.78 is 20.5. The van der Waals surface area contributed by atoms with E-state index < -0.39 is 24.0 Å². The van der Waals surface area contributed by atoms with Crippen LogP contribution in [0.5, 0.6) is 0 Å². The van der Waals surface area contributed by atoms with E-state index in [0.29, 0.717) is 6.61 Å². The molecule has 0 aromatic carbocycles. The molecule has 0 unspecified atom stereocenters. The summed E-state index contributed by atoms with van der Waals surface area (Å²) in [6.45, 7) is 2.10. The average molecular weight is 394 g/mol. The van der Waals surface area contributed by atoms with Crippen LogP contribution >= 0.6 is 11.3 Å². The van der Waals surface area contributed by atoms with Gasteiger partial charge in [0.15, 0.2) is 0 Å². The van der Waals surface area contributed by atoms with Gasteiger partial charge in [0.1, 0.15) is 26.1 Å². The van der Waals surface area contributed by atoms with Crippen LogP contribution in [-0.2, 0) is 28.5 Å². The van der Waals surface area contributed by atoms with Gasteiger partial charge in [0.05, 0.1) is 23.9 Å². The lowest BCUT2D eigenvalue weighted by molar-refractivity contribution is -0.144. The minimum absolute atomic E-state index is 0.0744. The number of carbonyl (C=O) groups is 3. The zero-order valence-electron chi connectivity index (χ0n) is 14.5. The summed E-state index contributed by atoms with van der Waals surface area (Å²) >= 11 is 1.38. The molecule has 0 saturated heterocycles. The third kappa shape index (κ3) is 4.40. The Morgan fingerprint density at radius 1 is 1.30 bits per heavy atom. The quantitative estimate of drug-likeness (QED) is 0.701. The Kier molecular flexibility index (Phi) is 5.97. The molecule has 2 amide bonds. The van der Waals surface area contributed by atoms with Gasteiger partial charge in [-0.2, -0.15) is 0 Å². The highest BCUT2D eigenvalue weighted by molar-refractivity contribution is 7.10. The molecule has 0 radical (unpaired) electrons. The van der Waals surface area contributed by atoms with Gasteiger partial charge < -0.3 is 29.6 Å². The van der Waals surface area contributed by atoms with Crippen molar-refractivity contribution in [2.75, 3.05) is 26.4 Å². The van der Waals surface area contributed by atoms with E-state index in [0.717, 1.165) is 4.88 Å². The molecule has 2 N–H and O–H groups in total. The van der Waals surface area contributed by atoms with E-state index in [-0.39, 0.29) is 36.8 Å². The van der Waals surface area contributed by atoms with Gasteiger partial charge in [0, 0.05) is 4.88 Å². The van der Waals surface area contributed by atoms with Crippen molar-refractivity contribution in [3.63, 3.8) is 0 Å². The minimum Gasteiger partial charge on any atom is -0.493 e. The highest BCUT2D eigenvalue weighted by atomic mass is 32.1. The second-order valence-electron chi connectivity index (χ2n) is 5.44. The molecule has 3 heterocycles. The molecular weight excluding hydrogens is 376 g/mol. The largest absolute Gasteiger partial charge is 0.493 e. The van der Waals surface area contributed by atoms with E-state index in [1.165, 1.54) is 17.6 Å². The summed E-state index contributed by atoms with van der Waals surface area (Å²) in [5, 5.41) is 7.05. The van der Waals surface area contributed by atoms with Crippen molar-refractivity contribution in [3.05, 3.63) is 45.7 Å². The molecule has 1 aromatic heterocycles. The fraction of sp³-hybridized carbons (Fsp3) is 0.353. The SMILES string of the molecule is CCOC(=O)C1=C(COC(=O)C2=COCCO2)NC(=O)N[C@@H]1c1cccs1. The van der Waals surface area contributed by atoms with E-state index in [1.54, 1.807) is 13.0 Å². The predicted octanol–water partition coefficient (Wildman–Crippen LogP) is 1.35. The van der Waals surface area contributed by atoms with Crippen LogP contribution in [0.25, 0.3) is 0 Å². The molecule has 2 aliphatic heterocycles. The molecule has 1 atom stereocenters. The van der Waals surface area contributed by atoms with Gasteiger partial charge in [0.2, 0.25) is 5.76 Å². The number of ether oxygens (including phenoxy) is 4. The number of nitrogens with one attached hydrogen (secondary N) is 2. The van der Waals surface area contributed by atoms with Gasteiger partial charge in [-0.15, -0.1) is 11.3 Å². The van der Waals surface area contributed by atoms with Gasteiger partial charge in [-0.25, -0.2) is 14.4 Å². The van der Waals surface area contributed by atoms with Crippen LogP contribution < -0.4 is 10.6 Å². The first kappa shape index (κ1) is 18.8. The van der Waals surface area contributed by atoms with E-state index in [4.69, 9.17) is 18.9 Å². The molecule has 9 nitrogen and oxygen atoms in total. The molecule has 3 rings (SSSR count). The van der Waals surface area contributed by atoms with E-state index in [2.05, 4.69) is 10.6 Å². The van der Waals surface area contributed by atoms with Gasteiger partial charge in [-0.3, -0.25) is 0 Å². The summed E-state index contributed by atoms with van der Waals surface area (Å²) in [5.41, 5.74) is 0.336. The highest BCUT2D eigenvalue weighted by Crippen LogP contribution is 2.30. The zero-order chi connectivity index (χ0) is 19.2. The molecule has 0 fully saturated rings. The molecule has 0 bridgehead atoms. The number of rotatable bonds is 6. The molecule has 144 valence electrons. The molecule has 0 aliphatic carbocycles. The van der Waals surface area contributed by atoms with Crippen LogP contribution in [0.4, 0.5) is 4.79 Å². The molecule has 27 heavy (non-hydrogen) atoms. The van der Waals surface area contributed by atoms with Gasteiger partial charge in [-0.05, 0) is 18.4 Å². The van der Waals surface area contributed by atoms with Crippen LogP contribution in [0.3, 0.4) is 0 Å². The number of urea groups is 1. The van der Waals surface area contributed by atoms with Gasteiger partial charge in [-0.1, -0.05) is 6.07 Å².